The van der Waals surface area contributed by atoms with E-state index < -0.39 is 0 Å². The van der Waals surface area contributed by atoms with Crippen molar-refractivity contribution in [2.24, 2.45) is 5.92 Å². The highest BCUT2D eigenvalue weighted by molar-refractivity contribution is 9.09. The molecule has 4 heteroatoms. The van der Waals surface area contributed by atoms with E-state index in [9.17, 15) is 4.79 Å². The van der Waals surface area contributed by atoms with Gasteiger partial charge in [0.15, 0.2) is 6.29 Å². The van der Waals surface area contributed by atoms with Gasteiger partial charge in [-0.3, -0.25) is 4.79 Å². The lowest BCUT2D eigenvalue weighted by molar-refractivity contribution is -0.122. The van der Waals surface area contributed by atoms with Crippen LogP contribution in [0, 0.1) is 5.92 Å². The van der Waals surface area contributed by atoms with Crippen LogP contribution >= 0.6 is 15.9 Å². The quantitative estimate of drug-likeness (QED) is 0.551. The van der Waals surface area contributed by atoms with Crippen LogP contribution in [0.1, 0.15) is 19.3 Å². The van der Waals surface area contributed by atoms with Gasteiger partial charge in [-0.1, -0.05) is 15.9 Å². The van der Waals surface area contributed by atoms with Gasteiger partial charge in [0.2, 0.25) is 0 Å². The number of carbonyl (C=O) groups excluding carboxylic acids is 1. The van der Waals surface area contributed by atoms with Gasteiger partial charge in [-0.15, -0.1) is 0 Å². The predicted octanol–water partition coefficient (Wildman–Crippen LogP) is 1.74. The molecule has 0 N–H and O–H groups in total. The summed E-state index contributed by atoms with van der Waals surface area (Å²) in [6.45, 7) is 0.635. The first-order chi connectivity index (χ1) is 6.26. The molecule has 0 saturated heterocycles. The third-order valence-electron chi connectivity index (χ3n) is 2.25. The minimum absolute atomic E-state index is 0.185. The standard InChI is InChI=1S/C9H15BrO3/c1-12-9(5-10)13-6-7-2-3-8(11)4-7/h7,9H,2-6H2,1H3. The number of ketones is 1. The molecule has 2 atom stereocenters. The summed E-state index contributed by atoms with van der Waals surface area (Å²) < 4.78 is 10.5. The predicted molar refractivity (Wildman–Crippen MR) is 52.9 cm³/mol. The Balaban J connectivity index is 2.14. The number of Topliss-reactive ketones (excluding diaryl/α,β-unsaturated/α-hetero) is 1. The fraction of sp³-hybridized carbons (Fsp3) is 0.889. The minimum atomic E-state index is -0.185. The van der Waals surface area contributed by atoms with Gasteiger partial charge in [0.25, 0.3) is 0 Å². The Kier molecular flexibility index (Phi) is 4.91. The summed E-state index contributed by atoms with van der Waals surface area (Å²) in [7, 11) is 1.62. The van der Waals surface area contributed by atoms with Crippen molar-refractivity contribution in [2.45, 2.75) is 25.6 Å². The molecule has 1 aliphatic rings. The summed E-state index contributed by atoms with van der Waals surface area (Å²) >= 11 is 3.28. The van der Waals surface area contributed by atoms with Crippen molar-refractivity contribution in [3.63, 3.8) is 0 Å². The number of alkyl halides is 1. The Morgan fingerprint density at radius 2 is 2.46 bits per heavy atom. The van der Waals surface area contributed by atoms with Gasteiger partial charge < -0.3 is 9.47 Å². The fourth-order valence-electron chi connectivity index (χ4n) is 1.45. The minimum Gasteiger partial charge on any atom is -0.355 e. The Bertz CT molecular complexity index is 168. The second-order valence-electron chi connectivity index (χ2n) is 3.30. The summed E-state index contributed by atoms with van der Waals surface area (Å²) in [5, 5.41) is 0.671. The van der Waals surface area contributed by atoms with Crippen LogP contribution in [0.5, 0.6) is 0 Å². The average Bonchev–Trinajstić information content (AvgIpc) is 2.53. The van der Waals surface area contributed by atoms with Crippen LogP contribution in [0.2, 0.25) is 0 Å². The molecule has 1 rings (SSSR count). The van der Waals surface area contributed by atoms with Crippen LogP contribution in [0.3, 0.4) is 0 Å². The summed E-state index contributed by atoms with van der Waals surface area (Å²) in [5.41, 5.74) is 0. The van der Waals surface area contributed by atoms with Crippen molar-refractivity contribution in [1.82, 2.24) is 0 Å². The molecule has 1 aliphatic carbocycles. The van der Waals surface area contributed by atoms with Crippen molar-refractivity contribution in [1.29, 1.82) is 0 Å². The number of hydrogen-bond acceptors (Lipinski definition) is 3. The smallest absolute Gasteiger partial charge is 0.166 e. The molecule has 0 amide bonds. The van der Waals surface area contributed by atoms with Crippen LogP contribution in [0.4, 0.5) is 0 Å². The maximum atomic E-state index is 10.9. The van der Waals surface area contributed by atoms with E-state index in [0.29, 0.717) is 30.1 Å². The van der Waals surface area contributed by atoms with Crippen molar-refractivity contribution in [3.8, 4) is 0 Å². The zero-order chi connectivity index (χ0) is 9.68. The highest BCUT2D eigenvalue weighted by atomic mass is 79.9. The first kappa shape index (κ1) is 11.1. The number of rotatable bonds is 5. The van der Waals surface area contributed by atoms with Crippen molar-refractivity contribution in [2.75, 3.05) is 19.0 Å². The molecule has 0 spiro atoms. The molecule has 1 fully saturated rings. The van der Waals surface area contributed by atoms with E-state index in [4.69, 9.17) is 9.47 Å². The zero-order valence-electron chi connectivity index (χ0n) is 7.79. The monoisotopic (exact) mass is 250 g/mol. The maximum absolute atomic E-state index is 10.9. The molecule has 76 valence electrons. The van der Waals surface area contributed by atoms with Gasteiger partial charge in [-0.2, -0.15) is 0 Å². The SMILES string of the molecule is COC(CBr)OCC1CCC(=O)C1. The van der Waals surface area contributed by atoms with Gasteiger partial charge >= 0.3 is 0 Å². The van der Waals surface area contributed by atoms with Crippen molar-refractivity contribution in [3.05, 3.63) is 0 Å². The molecule has 0 heterocycles. The Morgan fingerprint density at radius 3 is 2.92 bits per heavy atom. The van der Waals surface area contributed by atoms with Gasteiger partial charge in [0.05, 0.1) is 11.9 Å². The molecule has 2 unspecified atom stereocenters. The Morgan fingerprint density at radius 1 is 1.69 bits per heavy atom. The summed E-state index contributed by atoms with van der Waals surface area (Å²) in [5.74, 6) is 0.769. The Hall–Kier alpha value is 0.0700. The molecule has 0 aliphatic heterocycles. The maximum Gasteiger partial charge on any atom is 0.166 e. The summed E-state index contributed by atoms with van der Waals surface area (Å²) in [6.07, 6.45) is 2.19. The van der Waals surface area contributed by atoms with E-state index in [1.165, 1.54) is 0 Å². The second kappa shape index (κ2) is 5.73. The van der Waals surface area contributed by atoms with Gasteiger partial charge in [-0.25, -0.2) is 0 Å². The largest absolute Gasteiger partial charge is 0.355 e. The highest BCUT2D eigenvalue weighted by Crippen LogP contribution is 2.22. The molecule has 0 aromatic carbocycles. The van der Waals surface area contributed by atoms with Crippen molar-refractivity contribution >= 4 is 21.7 Å². The molecule has 0 aromatic heterocycles. The zero-order valence-corrected chi connectivity index (χ0v) is 9.38. The molecule has 1 saturated carbocycles. The number of hydrogen-bond donors (Lipinski definition) is 0. The molecular formula is C9H15BrO3. The molecule has 0 aromatic rings. The summed E-state index contributed by atoms with van der Waals surface area (Å²) in [6, 6.07) is 0. The molecular weight excluding hydrogens is 236 g/mol. The van der Waals surface area contributed by atoms with Gasteiger partial charge in [-0.05, 0) is 12.3 Å². The molecule has 0 bridgehead atoms. The molecule has 13 heavy (non-hydrogen) atoms. The van der Waals surface area contributed by atoms with E-state index in [2.05, 4.69) is 15.9 Å². The van der Waals surface area contributed by atoms with E-state index in [1.54, 1.807) is 7.11 Å². The van der Waals surface area contributed by atoms with Crippen LogP contribution in [0.25, 0.3) is 0 Å². The first-order valence-corrected chi connectivity index (χ1v) is 5.60. The number of methoxy groups -OCH3 is 1. The second-order valence-corrected chi connectivity index (χ2v) is 3.95. The van der Waals surface area contributed by atoms with Crippen molar-refractivity contribution < 1.29 is 14.3 Å². The Labute approximate surface area is 86.9 Å². The number of ether oxygens (including phenoxy) is 2. The number of carbonyl (C=O) groups is 1. The van der Waals surface area contributed by atoms with Crippen LogP contribution in [0.15, 0.2) is 0 Å². The van der Waals surface area contributed by atoms with E-state index in [-0.39, 0.29) is 6.29 Å². The molecule has 0 radical (unpaired) electrons. The lowest BCUT2D eigenvalue weighted by Gasteiger charge is -2.15. The number of halogens is 1. The van der Waals surface area contributed by atoms with E-state index >= 15 is 0 Å². The van der Waals surface area contributed by atoms with E-state index in [1.807, 2.05) is 0 Å². The lowest BCUT2D eigenvalue weighted by atomic mass is 10.1. The first-order valence-electron chi connectivity index (χ1n) is 4.48. The van der Waals surface area contributed by atoms with Crippen LogP contribution in [-0.4, -0.2) is 31.1 Å². The highest BCUT2D eigenvalue weighted by Gasteiger charge is 2.22. The summed E-state index contributed by atoms with van der Waals surface area (Å²) in [4.78, 5) is 10.9. The molecule has 3 nitrogen and oxygen atoms in total. The lowest BCUT2D eigenvalue weighted by Crippen LogP contribution is -2.20. The normalized spacial score (nSPS) is 25.1. The van der Waals surface area contributed by atoms with Crippen LogP contribution < -0.4 is 0 Å². The fourth-order valence-corrected chi connectivity index (χ4v) is 1.90. The van der Waals surface area contributed by atoms with Gasteiger partial charge in [0, 0.05) is 20.0 Å². The van der Waals surface area contributed by atoms with Gasteiger partial charge in [0.1, 0.15) is 5.78 Å². The van der Waals surface area contributed by atoms with Crippen LogP contribution in [-0.2, 0) is 14.3 Å². The third-order valence-corrected chi connectivity index (χ3v) is 2.78. The topological polar surface area (TPSA) is 35.5 Å². The third kappa shape index (κ3) is 3.75. The van der Waals surface area contributed by atoms with E-state index in [0.717, 1.165) is 12.8 Å². The average molecular weight is 251 g/mol.